The molecule has 136 valence electrons. The summed E-state index contributed by atoms with van der Waals surface area (Å²) in [7, 11) is 0. The van der Waals surface area contributed by atoms with Gasteiger partial charge in [-0.15, -0.1) is 10.2 Å². The molecular weight excluding hydrogens is 383 g/mol. The number of para-hydroxylation sites is 1. The number of hydrogen-bond donors (Lipinski definition) is 2. The first-order valence-corrected chi connectivity index (χ1v) is 9.35. The van der Waals surface area contributed by atoms with Gasteiger partial charge in [-0.2, -0.15) is 13.2 Å². The van der Waals surface area contributed by atoms with Gasteiger partial charge in [-0.25, -0.2) is 0 Å². The van der Waals surface area contributed by atoms with Crippen molar-refractivity contribution >= 4 is 33.9 Å². The van der Waals surface area contributed by atoms with Crippen LogP contribution >= 0.6 is 23.1 Å². The van der Waals surface area contributed by atoms with E-state index in [1.807, 2.05) is 30.3 Å². The van der Waals surface area contributed by atoms with Gasteiger partial charge >= 0.3 is 6.18 Å². The molecule has 0 amide bonds. The minimum absolute atomic E-state index is 0.269. The Bertz CT molecular complexity index is 838. The third kappa shape index (κ3) is 4.96. The second-order valence-corrected chi connectivity index (χ2v) is 7.56. The molecule has 3 rings (SSSR count). The Kier molecular flexibility index (Phi) is 5.80. The topological polar surface area (TPSA) is 58.0 Å². The van der Waals surface area contributed by atoms with Crippen LogP contribution in [0, 0.1) is 0 Å². The van der Waals surface area contributed by atoms with E-state index >= 15 is 0 Å². The van der Waals surface area contributed by atoms with Crippen molar-refractivity contribution in [2.45, 2.75) is 16.6 Å². The Labute approximate surface area is 156 Å². The van der Waals surface area contributed by atoms with Crippen LogP contribution in [0.5, 0.6) is 0 Å². The number of alkyl halides is 3. The molecule has 0 spiro atoms. The van der Waals surface area contributed by atoms with Gasteiger partial charge in [0.05, 0.1) is 11.7 Å². The van der Waals surface area contributed by atoms with E-state index in [2.05, 4.69) is 15.5 Å². The smallest absolute Gasteiger partial charge is 0.388 e. The standard InChI is InChI=1S/C17H14F3N3OS2/c18-17(19,20)12-8-6-11(7-9-12)14(24)10-25-16-23-22-15(26-16)21-13-4-2-1-3-5-13/h1-9,14,24H,10H2,(H,21,22). The van der Waals surface area contributed by atoms with Gasteiger partial charge in [0, 0.05) is 11.4 Å². The minimum Gasteiger partial charge on any atom is -0.388 e. The van der Waals surface area contributed by atoms with Crippen molar-refractivity contribution in [3.63, 3.8) is 0 Å². The maximum atomic E-state index is 12.6. The highest BCUT2D eigenvalue weighted by Crippen LogP contribution is 2.32. The van der Waals surface area contributed by atoms with Crippen molar-refractivity contribution < 1.29 is 18.3 Å². The van der Waals surface area contributed by atoms with Gasteiger partial charge in [0.25, 0.3) is 0 Å². The minimum atomic E-state index is -4.38. The van der Waals surface area contributed by atoms with Crippen molar-refractivity contribution in [2.75, 3.05) is 11.1 Å². The van der Waals surface area contributed by atoms with Crippen LogP contribution in [0.3, 0.4) is 0 Å². The van der Waals surface area contributed by atoms with Crippen molar-refractivity contribution in [2.24, 2.45) is 0 Å². The van der Waals surface area contributed by atoms with Crippen LogP contribution in [0.15, 0.2) is 58.9 Å². The van der Waals surface area contributed by atoms with Crippen molar-refractivity contribution in [3.8, 4) is 0 Å². The average molecular weight is 397 g/mol. The molecule has 2 N–H and O–H groups in total. The highest BCUT2D eigenvalue weighted by Gasteiger charge is 2.30. The van der Waals surface area contributed by atoms with E-state index in [0.29, 0.717) is 15.0 Å². The monoisotopic (exact) mass is 397 g/mol. The predicted octanol–water partition coefficient (Wildman–Crippen LogP) is 5.13. The number of aliphatic hydroxyl groups excluding tert-OH is 1. The first kappa shape index (κ1) is 18.7. The Balaban J connectivity index is 1.55. The number of halogens is 3. The quantitative estimate of drug-likeness (QED) is 0.565. The molecule has 0 saturated carbocycles. The van der Waals surface area contributed by atoms with E-state index in [4.69, 9.17) is 0 Å². The number of benzene rings is 2. The fourth-order valence-electron chi connectivity index (χ4n) is 2.10. The molecule has 4 nitrogen and oxygen atoms in total. The molecule has 1 atom stereocenters. The largest absolute Gasteiger partial charge is 0.416 e. The highest BCUT2D eigenvalue weighted by molar-refractivity contribution is 8.01. The van der Waals surface area contributed by atoms with Gasteiger partial charge in [-0.05, 0) is 29.8 Å². The lowest BCUT2D eigenvalue weighted by atomic mass is 10.1. The summed E-state index contributed by atoms with van der Waals surface area (Å²) in [6, 6.07) is 14.0. The molecule has 3 aromatic rings. The molecule has 1 heterocycles. The number of aromatic nitrogens is 2. The van der Waals surface area contributed by atoms with E-state index in [1.54, 1.807) is 0 Å². The number of rotatable bonds is 6. The molecule has 0 bridgehead atoms. The molecule has 0 saturated heterocycles. The second kappa shape index (κ2) is 8.07. The molecule has 26 heavy (non-hydrogen) atoms. The number of nitrogens with one attached hydrogen (secondary N) is 1. The summed E-state index contributed by atoms with van der Waals surface area (Å²) >= 11 is 2.64. The molecule has 1 unspecified atom stereocenters. The molecule has 0 aliphatic carbocycles. The Morgan fingerprint density at radius 1 is 1.04 bits per heavy atom. The number of thioether (sulfide) groups is 1. The molecule has 0 aliphatic heterocycles. The Morgan fingerprint density at radius 2 is 1.73 bits per heavy atom. The summed E-state index contributed by atoms with van der Waals surface area (Å²) < 4.78 is 38.3. The summed E-state index contributed by atoms with van der Waals surface area (Å²) in [5, 5.41) is 22.0. The highest BCUT2D eigenvalue weighted by atomic mass is 32.2. The lowest BCUT2D eigenvalue weighted by molar-refractivity contribution is -0.137. The molecule has 0 radical (unpaired) electrons. The summed E-state index contributed by atoms with van der Waals surface area (Å²) in [5.41, 5.74) is 0.587. The molecule has 0 fully saturated rings. The molecule has 0 aliphatic rings. The average Bonchev–Trinajstić information content (AvgIpc) is 3.07. The normalized spacial score (nSPS) is 12.8. The van der Waals surface area contributed by atoms with Gasteiger partial charge in [-0.3, -0.25) is 0 Å². The van der Waals surface area contributed by atoms with E-state index in [-0.39, 0.29) is 5.75 Å². The Morgan fingerprint density at radius 3 is 2.38 bits per heavy atom. The van der Waals surface area contributed by atoms with Crippen LogP contribution in [0.25, 0.3) is 0 Å². The third-order valence-corrected chi connectivity index (χ3v) is 5.47. The van der Waals surface area contributed by atoms with E-state index in [1.165, 1.54) is 35.2 Å². The SMILES string of the molecule is OC(CSc1nnc(Nc2ccccc2)s1)c1ccc(C(F)(F)F)cc1. The van der Waals surface area contributed by atoms with Gasteiger partial charge in [-0.1, -0.05) is 53.4 Å². The summed E-state index contributed by atoms with van der Waals surface area (Å²) in [4.78, 5) is 0. The first-order valence-electron chi connectivity index (χ1n) is 7.55. The lowest BCUT2D eigenvalue weighted by Gasteiger charge is -2.11. The maximum absolute atomic E-state index is 12.6. The zero-order valence-corrected chi connectivity index (χ0v) is 14.9. The summed E-state index contributed by atoms with van der Waals surface area (Å²) in [6.45, 7) is 0. The van der Waals surface area contributed by atoms with Crippen LogP contribution in [0.2, 0.25) is 0 Å². The van der Waals surface area contributed by atoms with Crippen LogP contribution < -0.4 is 5.32 Å². The van der Waals surface area contributed by atoms with Gasteiger partial charge < -0.3 is 10.4 Å². The van der Waals surface area contributed by atoms with Crippen LogP contribution in [0.1, 0.15) is 17.2 Å². The van der Waals surface area contributed by atoms with E-state index in [0.717, 1.165) is 17.8 Å². The number of nitrogens with zero attached hydrogens (tertiary/aromatic N) is 2. The van der Waals surface area contributed by atoms with Crippen molar-refractivity contribution in [3.05, 3.63) is 65.7 Å². The maximum Gasteiger partial charge on any atom is 0.416 e. The fourth-order valence-corrected chi connectivity index (χ4v) is 3.87. The van der Waals surface area contributed by atoms with Crippen molar-refractivity contribution in [1.82, 2.24) is 10.2 Å². The summed E-state index contributed by atoms with van der Waals surface area (Å²) in [5.74, 6) is 0.269. The van der Waals surface area contributed by atoms with E-state index < -0.39 is 17.8 Å². The van der Waals surface area contributed by atoms with Crippen LogP contribution in [0.4, 0.5) is 24.0 Å². The second-order valence-electron chi connectivity index (χ2n) is 5.31. The van der Waals surface area contributed by atoms with Gasteiger partial charge in [0.2, 0.25) is 5.13 Å². The zero-order valence-electron chi connectivity index (χ0n) is 13.3. The van der Waals surface area contributed by atoms with Crippen molar-refractivity contribution in [1.29, 1.82) is 0 Å². The van der Waals surface area contributed by atoms with Gasteiger partial charge in [0.15, 0.2) is 4.34 Å². The first-order chi connectivity index (χ1) is 12.4. The van der Waals surface area contributed by atoms with Gasteiger partial charge in [0.1, 0.15) is 0 Å². The third-order valence-electron chi connectivity index (χ3n) is 3.42. The molecule has 1 aromatic heterocycles. The Hall–Kier alpha value is -2.10. The lowest BCUT2D eigenvalue weighted by Crippen LogP contribution is -2.06. The summed E-state index contributed by atoms with van der Waals surface area (Å²) in [6.07, 6.45) is -5.27. The molecular formula is C17H14F3N3OS2. The van der Waals surface area contributed by atoms with Crippen LogP contribution in [-0.2, 0) is 6.18 Å². The number of aliphatic hydroxyl groups is 1. The zero-order chi connectivity index (χ0) is 18.6. The molecule has 2 aromatic carbocycles. The van der Waals surface area contributed by atoms with E-state index in [9.17, 15) is 18.3 Å². The predicted molar refractivity (Wildman–Crippen MR) is 96.8 cm³/mol. The molecule has 9 heteroatoms. The number of anilines is 2. The fraction of sp³-hybridized carbons (Fsp3) is 0.176. The number of hydrogen-bond acceptors (Lipinski definition) is 6. The van der Waals surface area contributed by atoms with Crippen LogP contribution in [-0.4, -0.2) is 21.1 Å².